The quantitative estimate of drug-likeness (QED) is 0.782. The van der Waals surface area contributed by atoms with Crippen LogP contribution in [0.4, 0.5) is 0 Å². The maximum absolute atomic E-state index is 11.9. The van der Waals surface area contributed by atoms with E-state index in [1.807, 2.05) is 6.92 Å². The SMILES string of the molecule is Cc1ccc(S(=O)(=O)OCC(O)CCC(C)C)cc1. The molecule has 0 saturated carbocycles. The van der Waals surface area contributed by atoms with Crippen LogP contribution in [-0.4, -0.2) is 26.2 Å². The van der Waals surface area contributed by atoms with Crippen molar-refractivity contribution in [3.05, 3.63) is 29.8 Å². The summed E-state index contributed by atoms with van der Waals surface area (Å²) in [4.78, 5) is 0.120. The third-order valence-corrected chi connectivity index (χ3v) is 4.10. The Morgan fingerprint density at radius 2 is 1.74 bits per heavy atom. The number of hydrogen-bond acceptors (Lipinski definition) is 4. The highest BCUT2D eigenvalue weighted by Gasteiger charge is 2.17. The number of rotatable bonds is 7. The normalized spacial score (nSPS) is 13.7. The third kappa shape index (κ3) is 5.72. The van der Waals surface area contributed by atoms with E-state index in [1.165, 1.54) is 12.1 Å². The molecular formula is C14H22O4S. The van der Waals surface area contributed by atoms with E-state index in [2.05, 4.69) is 13.8 Å². The van der Waals surface area contributed by atoms with Crippen molar-refractivity contribution >= 4 is 10.1 Å². The van der Waals surface area contributed by atoms with Gasteiger partial charge in [-0.3, -0.25) is 4.18 Å². The minimum atomic E-state index is -3.77. The van der Waals surface area contributed by atoms with Gasteiger partial charge in [0.2, 0.25) is 0 Å². The van der Waals surface area contributed by atoms with Crippen LogP contribution in [0.2, 0.25) is 0 Å². The summed E-state index contributed by atoms with van der Waals surface area (Å²) in [5.74, 6) is 0.475. The Labute approximate surface area is 115 Å². The lowest BCUT2D eigenvalue weighted by Gasteiger charge is -2.12. The molecule has 5 heteroatoms. The van der Waals surface area contributed by atoms with Gasteiger partial charge in [-0.15, -0.1) is 0 Å². The molecule has 0 amide bonds. The Hall–Kier alpha value is -0.910. The van der Waals surface area contributed by atoms with Crippen LogP contribution in [0.15, 0.2) is 29.2 Å². The van der Waals surface area contributed by atoms with Crippen LogP contribution in [0.5, 0.6) is 0 Å². The van der Waals surface area contributed by atoms with E-state index < -0.39 is 16.2 Å². The zero-order valence-electron chi connectivity index (χ0n) is 11.7. The van der Waals surface area contributed by atoms with Gasteiger partial charge in [0, 0.05) is 0 Å². The average molecular weight is 286 g/mol. The molecule has 108 valence electrons. The minimum Gasteiger partial charge on any atom is -0.391 e. The van der Waals surface area contributed by atoms with Crippen molar-refractivity contribution in [3.63, 3.8) is 0 Å². The molecule has 0 radical (unpaired) electrons. The Balaban J connectivity index is 2.53. The zero-order valence-corrected chi connectivity index (χ0v) is 12.5. The summed E-state index contributed by atoms with van der Waals surface area (Å²) in [6.07, 6.45) is 0.638. The largest absolute Gasteiger partial charge is 0.391 e. The highest BCUT2D eigenvalue weighted by molar-refractivity contribution is 7.86. The summed E-state index contributed by atoms with van der Waals surface area (Å²) in [5.41, 5.74) is 0.982. The maximum atomic E-state index is 11.9. The summed E-state index contributed by atoms with van der Waals surface area (Å²) in [6.45, 7) is 5.79. The van der Waals surface area contributed by atoms with Crippen LogP contribution in [0.25, 0.3) is 0 Å². The first-order valence-electron chi connectivity index (χ1n) is 6.45. The first-order chi connectivity index (χ1) is 8.81. The van der Waals surface area contributed by atoms with E-state index in [0.29, 0.717) is 12.3 Å². The highest BCUT2D eigenvalue weighted by Crippen LogP contribution is 2.14. The van der Waals surface area contributed by atoms with Crippen molar-refractivity contribution in [1.29, 1.82) is 0 Å². The summed E-state index contributed by atoms with van der Waals surface area (Å²) in [7, 11) is -3.77. The van der Waals surface area contributed by atoms with Gasteiger partial charge in [0.25, 0.3) is 10.1 Å². The lowest BCUT2D eigenvalue weighted by molar-refractivity contribution is 0.0979. The maximum Gasteiger partial charge on any atom is 0.297 e. The zero-order chi connectivity index (χ0) is 14.5. The molecule has 1 aromatic rings. The van der Waals surface area contributed by atoms with Gasteiger partial charge in [-0.1, -0.05) is 31.5 Å². The highest BCUT2D eigenvalue weighted by atomic mass is 32.2. The van der Waals surface area contributed by atoms with Crippen LogP contribution in [-0.2, 0) is 14.3 Å². The lowest BCUT2D eigenvalue weighted by Crippen LogP contribution is -2.19. The average Bonchev–Trinajstić information content (AvgIpc) is 2.34. The first kappa shape index (κ1) is 16.1. The summed E-state index contributed by atoms with van der Waals surface area (Å²) >= 11 is 0. The number of aryl methyl sites for hydroxylation is 1. The molecule has 0 aromatic heterocycles. The topological polar surface area (TPSA) is 63.6 Å². The fourth-order valence-corrected chi connectivity index (χ4v) is 2.49. The van der Waals surface area contributed by atoms with Gasteiger partial charge in [-0.05, 0) is 37.8 Å². The molecule has 0 spiro atoms. The van der Waals surface area contributed by atoms with Crippen molar-refractivity contribution in [1.82, 2.24) is 0 Å². The van der Waals surface area contributed by atoms with Gasteiger partial charge < -0.3 is 5.11 Å². The molecule has 0 bridgehead atoms. The van der Waals surface area contributed by atoms with Crippen molar-refractivity contribution in [2.24, 2.45) is 5.92 Å². The molecule has 19 heavy (non-hydrogen) atoms. The molecule has 0 aliphatic heterocycles. The molecule has 1 aromatic carbocycles. The smallest absolute Gasteiger partial charge is 0.297 e. The molecule has 1 rings (SSSR count). The van der Waals surface area contributed by atoms with Crippen LogP contribution < -0.4 is 0 Å². The summed E-state index contributed by atoms with van der Waals surface area (Å²) < 4.78 is 28.6. The van der Waals surface area contributed by atoms with Crippen molar-refractivity contribution in [2.45, 2.75) is 44.6 Å². The molecule has 0 aliphatic rings. The molecule has 0 saturated heterocycles. The first-order valence-corrected chi connectivity index (χ1v) is 7.86. The van der Waals surface area contributed by atoms with Gasteiger partial charge in [-0.25, -0.2) is 0 Å². The van der Waals surface area contributed by atoms with E-state index in [4.69, 9.17) is 4.18 Å². The van der Waals surface area contributed by atoms with Gasteiger partial charge in [0.1, 0.15) is 0 Å². The minimum absolute atomic E-state index is 0.120. The molecule has 0 aliphatic carbocycles. The van der Waals surface area contributed by atoms with Crippen molar-refractivity contribution in [2.75, 3.05) is 6.61 Å². The van der Waals surface area contributed by atoms with Gasteiger partial charge in [0.15, 0.2) is 0 Å². The second-order valence-corrected chi connectivity index (χ2v) is 6.79. The predicted octanol–water partition coefficient (Wildman–Crippen LogP) is 2.50. The second-order valence-electron chi connectivity index (χ2n) is 5.18. The molecule has 0 heterocycles. The van der Waals surface area contributed by atoms with Crippen molar-refractivity contribution in [3.8, 4) is 0 Å². The molecule has 0 fully saturated rings. The number of hydrogen-bond donors (Lipinski definition) is 1. The van der Waals surface area contributed by atoms with E-state index in [9.17, 15) is 13.5 Å². The van der Waals surface area contributed by atoms with Crippen LogP contribution in [0.3, 0.4) is 0 Å². The molecular weight excluding hydrogens is 264 g/mol. The van der Waals surface area contributed by atoms with Gasteiger partial charge in [-0.2, -0.15) is 8.42 Å². The van der Waals surface area contributed by atoms with Crippen molar-refractivity contribution < 1.29 is 17.7 Å². The third-order valence-electron chi connectivity index (χ3n) is 2.80. The van der Waals surface area contributed by atoms with E-state index in [-0.39, 0.29) is 11.5 Å². The number of aliphatic hydroxyl groups is 1. The number of aliphatic hydroxyl groups excluding tert-OH is 1. The predicted molar refractivity (Wildman–Crippen MR) is 74.4 cm³/mol. The van der Waals surface area contributed by atoms with Crippen LogP contribution >= 0.6 is 0 Å². The summed E-state index contributed by atoms with van der Waals surface area (Å²) in [5, 5.41) is 9.66. The molecule has 1 unspecified atom stereocenters. The number of benzene rings is 1. The Morgan fingerprint density at radius 1 is 1.16 bits per heavy atom. The monoisotopic (exact) mass is 286 g/mol. The Bertz CT molecular complexity index is 477. The van der Waals surface area contributed by atoms with E-state index in [0.717, 1.165) is 12.0 Å². The van der Waals surface area contributed by atoms with Gasteiger partial charge >= 0.3 is 0 Å². The Morgan fingerprint density at radius 3 is 2.26 bits per heavy atom. The standard InChI is InChI=1S/C14H22O4S/c1-11(2)4-7-13(15)10-18-19(16,17)14-8-5-12(3)6-9-14/h5-6,8-9,11,13,15H,4,7,10H2,1-3H3. The van der Waals surface area contributed by atoms with E-state index >= 15 is 0 Å². The summed E-state index contributed by atoms with van der Waals surface area (Å²) in [6, 6.07) is 6.44. The Kier molecular flexibility index (Phi) is 5.97. The molecule has 1 atom stereocenters. The molecule has 4 nitrogen and oxygen atoms in total. The van der Waals surface area contributed by atoms with Gasteiger partial charge in [0.05, 0.1) is 17.6 Å². The lowest BCUT2D eigenvalue weighted by atomic mass is 10.1. The van der Waals surface area contributed by atoms with Crippen LogP contribution in [0, 0.1) is 12.8 Å². The fourth-order valence-electron chi connectivity index (χ4n) is 1.55. The molecule has 1 N–H and O–H groups in total. The fraction of sp³-hybridized carbons (Fsp3) is 0.571. The van der Waals surface area contributed by atoms with Crippen LogP contribution in [0.1, 0.15) is 32.3 Å². The second kappa shape index (κ2) is 7.03. The van der Waals surface area contributed by atoms with E-state index in [1.54, 1.807) is 12.1 Å².